The zero-order valence-electron chi connectivity index (χ0n) is 20.9. The number of rotatable bonds is 3. The lowest BCUT2D eigenvalue weighted by molar-refractivity contribution is 1.31. The van der Waals surface area contributed by atoms with Gasteiger partial charge in [0.15, 0.2) is 0 Å². The van der Waals surface area contributed by atoms with Gasteiger partial charge in [-0.1, -0.05) is 109 Å². The molecule has 3 heterocycles. The fourth-order valence-corrected chi connectivity index (χ4v) is 9.51. The van der Waals surface area contributed by atoms with Crippen LogP contribution >= 0.6 is 6.04 Å². The van der Waals surface area contributed by atoms with Gasteiger partial charge in [0.1, 0.15) is 5.65 Å². The minimum absolute atomic E-state index is 0.926. The molecule has 0 saturated heterocycles. The Morgan fingerprint density at radius 1 is 0.513 bits per heavy atom. The van der Waals surface area contributed by atoms with Crippen molar-refractivity contribution in [1.82, 2.24) is 14.4 Å². The maximum atomic E-state index is 6.69. The number of imidazole rings is 1. The van der Waals surface area contributed by atoms with Gasteiger partial charge in [0.05, 0.1) is 27.6 Å². The third kappa shape index (κ3) is 3.32. The van der Waals surface area contributed by atoms with Crippen LogP contribution in [0.2, 0.25) is 0 Å². The second-order valence-corrected chi connectivity index (χ2v) is 14.2. The lowest BCUT2D eigenvalue weighted by atomic mass is 10.1. The molecule has 0 radical (unpaired) electrons. The molecule has 5 aromatic carbocycles. The van der Waals surface area contributed by atoms with Crippen LogP contribution in [-0.2, 0) is 11.8 Å². The van der Waals surface area contributed by atoms with E-state index >= 15 is 0 Å². The van der Waals surface area contributed by atoms with Crippen LogP contribution in [0.1, 0.15) is 0 Å². The van der Waals surface area contributed by atoms with Crippen molar-refractivity contribution in [1.29, 1.82) is 0 Å². The van der Waals surface area contributed by atoms with Crippen molar-refractivity contribution >= 4 is 83.1 Å². The van der Waals surface area contributed by atoms with Gasteiger partial charge in [0.2, 0.25) is 0 Å². The van der Waals surface area contributed by atoms with Gasteiger partial charge in [-0.25, -0.2) is 9.97 Å². The first-order valence-corrected chi connectivity index (χ1v) is 15.8. The molecule has 0 spiro atoms. The summed E-state index contributed by atoms with van der Waals surface area (Å²) in [7, 11) is 0. The summed E-state index contributed by atoms with van der Waals surface area (Å²) in [6.07, 6.45) is 0. The predicted molar refractivity (Wildman–Crippen MR) is 169 cm³/mol. The van der Waals surface area contributed by atoms with E-state index in [-0.39, 0.29) is 0 Å². The summed E-state index contributed by atoms with van der Waals surface area (Å²) in [6, 6.07) is 44.4. The zero-order chi connectivity index (χ0) is 26.0. The summed E-state index contributed by atoms with van der Waals surface area (Å²) >= 11 is 6.69. The molecule has 184 valence electrons. The lowest BCUT2D eigenvalue weighted by Gasteiger charge is -2.24. The van der Waals surface area contributed by atoms with Crippen molar-refractivity contribution in [3.63, 3.8) is 0 Å². The lowest BCUT2D eigenvalue weighted by Crippen LogP contribution is -2.24. The van der Waals surface area contributed by atoms with E-state index in [9.17, 15) is 0 Å². The van der Waals surface area contributed by atoms with Crippen LogP contribution in [0.5, 0.6) is 0 Å². The van der Waals surface area contributed by atoms with Gasteiger partial charge in [-0.05, 0) is 52.3 Å². The highest BCUT2D eigenvalue weighted by Crippen LogP contribution is 2.44. The summed E-state index contributed by atoms with van der Waals surface area (Å²) in [5.41, 5.74) is 6.00. The molecular weight excluding hydrogens is 513 g/mol. The Labute approximate surface area is 230 Å². The molecule has 0 unspecified atom stereocenters. The number of nitrogens with zero attached hydrogens (tertiary/aromatic N) is 3. The fraction of sp³-hybridized carbons (Fsp3) is 0. The summed E-state index contributed by atoms with van der Waals surface area (Å²) in [4.78, 5) is 10.3. The highest BCUT2D eigenvalue weighted by Gasteiger charge is 2.26. The molecule has 0 fully saturated rings. The number of fused-ring (bicyclic) bond motifs is 9. The SMILES string of the molecule is S=P(c1ccccc1)(c1ccccc1)c1ccc2c(c1)c1nc3ccccc3cc1c1nc3ccccc3n21. The summed E-state index contributed by atoms with van der Waals surface area (Å²) in [6.45, 7) is 0. The molecule has 3 aromatic heterocycles. The molecule has 3 nitrogen and oxygen atoms in total. The Balaban J connectivity index is 1.55. The third-order valence-electron chi connectivity index (χ3n) is 7.61. The monoisotopic (exact) mass is 535 g/mol. The highest BCUT2D eigenvalue weighted by molar-refractivity contribution is 8.25. The fourth-order valence-electron chi connectivity index (χ4n) is 5.77. The van der Waals surface area contributed by atoms with Gasteiger partial charge in [0, 0.05) is 22.2 Å². The van der Waals surface area contributed by atoms with Crippen LogP contribution in [0.3, 0.4) is 0 Å². The minimum Gasteiger partial charge on any atom is -0.292 e. The molecule has 0 atom stereocenters. The molecule has 8 aromatic rings. The second-order valence-electron chi connectivity index (χ2n) is 9.82. The van der Waals surface area contributed by atoms with E-state index in [1.807, 2.05) is 12.1 Å². The number of aromatic nitrogens is 3. The second kappa shape index (κ2) is 8.57. The Hall–Kier alpha value is -4.37. The van der Waals surface area contributed by atoms with Gasteiger partial charge in [-0.15, -0.1) is 0 Å². The van der Waals surface area contributed by atoms with Crippen molar-refractivity contribution in [3.05, 3.63) is 133 Å². The van der Waals surface area contributed by atoms with Gasteiger partial charge >= 0.3 is 0 Å². The number of hydrogen-bond donors (Lipinski definition) is 0. The van der Waals surface area contributed by atoms with Crippen LogP contribution in [0.25, 0.3) is 49.4 Å². The Morgan fingerprint density at radius 2 is 1.15 bits per heavy atom. The van der Waals surface area contributed by atoms with Gasteiger partial charge in [-0.3, -0.25) is 4.40 Å². The van der Waals surface area contributed by atoms with Crippen molar-refractivity contribution < 1.29 is 0 Å². The topological polar surface area (TPSA) is 30.2 Å². The first kappa shape index (κ1) is 22.6. The van der Waals surface area contributed by atoms with Crippen molar-refractivity contribution in [2.45, 2.75) is 0 Å². The van der Waals surface area contributed by atoms with Crippen LogP contribution in [0.4, 0.5) is 0 Å². The molecule has 0 aliphatic carbocycles. The Kier molecular flexibility index (Phi) is 4.97. The van der Waals surface area contributed by atoms with E-state index in [0.29, 0.717) is 0 Å². The van der Waals surface area contributed by atoms with Crippen LogP contribution in [-0.4, -0.2) is 14.4 Å². The predicted octanol–water partition coefficient (Wildman–Crippen LogP) is 7.10. The first-order valence-electron chi connectivity index (χ1n) is 13.0. The Morgan fingerprint density at radius 3 is 1.90 bits per heavy atom. The Bertz CT molecular complexity index is 2210. The van der Waals surface area contributed by atoms with E-state index in [2.05, 4.69) is 126 Å². The number of pyridine rings is 2. The molecule has 0 bridgehead atoms. The average Bonchev–Trinajstić information content (AvgIpc) is 3.41. The number of hydrogen-bond acceptors (Lipinski definition) is 3. The van der Waals surface area contributed by atoms with E-state index < -0.39 is 6.04 Å². The van der Waals surface area contributed by atoms with Crippen molar-refractivity contribution in [2.75, 3.05) is 0 Å². The maximum absolute atomic E-state index is 6.69. The van der Waals surface area contributed by atoms with Crippen LogP contribution in [0, 0.1) is 0 Å². The first-order chi connectivity index (χ1) is 19.2. The molecule has 0 amide bonds. The van der Waals surface area contributed by atoms with Crippen molar-refractivity contribution in [3.8, 4) is 0 Å². The van der Waals surface area contributed by atoms with Gasteiger partial charge in [-0.2, -0.15) is 0 Å². The smallest absolute Gasteiger partial charge is 0.147 e. The maximum Gasteiger partial charge on any atom is 0.147 e. The summed E-state index contributed by atoms with van der Waals surface area (Å²) in [5, 5.41) is 6.76. The van der Waals surface area contributed by atoms with Crippen molar-refractivity contribution in [2.24, 2.45) is 0 Å². The third-order valence-corrected chi connectivity index (χ3v) is 12.6. The van der Waals surface area contributed by atoms with E-state index in [4.69, 9.17) is 21.8 Å². The molecular formula is C34H22N3PS. The molecule has 0 saturated carbocycles. The molecule has 0 N–H and O–H groups in total. The normalized spacial score (nSPS) is 12.2. The minimum atomic E-state index is -2.32. The molecule has 5 heteroatoms. The van der Waals surface area contributed by atoms with Crippen LogP contribution in [0.15, 0.2) is 133 Å². The molecule has 39 heavy (non-hydrogen) atoms. The summed E-state index contributed by atoms with van der Waals surface area (Å²) < 4.78 is 2.28. The molecule has 0 aliphatic rings. The summed E-state index contributed by atoms with van der Waals surface area (Å²) in [5.74, 6) is 0. The molecule has 0 aliphatic heterocycles. The zero-order valence-corrected chi connectivity index (χ0v) is 22.6. The van der Waals surface area contributed by atoms with Gasteiger partial charge < -0.3 is 0 Å². The number of para-hydroxylation sites is 3. The van der Waals surface area contributed by atoms with Gasteiger partial charge in [0.25, 0.3) is 0 Å². The van der Waals surface area contributed by atoms with Crippen LogP contribution < -0.4 is 15.9 Å². The van der Waals surface area contributed by atoms with E-state index in [1.165, 1.54) is 10.6 Å². The number of benzene rings is 5. The standard InChI is InChI=1S/C34H22N3PS/c39-38(24-12-3-1-4-13-24,25-14-5-2-6-15-25)26-19-20-31-27(22-26)33-28(21-23-11-7-8-16-29(23)35-33)34-36-30-17-9-10-18-32(30)37(31)34/h1-22H. The highest BCUT2D eigenvalue weighted by atomic mass is 32.4. The largest absolute Gasteiger partial charge is 0.292 e. The van der Waals surface area contributed by atoms with E-state index in [1.54, 1.807) is 0 Å². The van der Waals surface area contributed by atoms with E-state index in [0.717, 1.165) is 54.7 Å². The quantitative estimate of drug-likeness (QED) is 0.137. The molecule has 8 rings (SSSR count). The average molecular weight is 536 g/mol.